The zero-order valence-electron chi connectivity index (χ0n) is 45.8. The molecule has 16 aromatic rings. The molecule has 4 nitrogen and oxygen atoms in total. The van der Waals surface area contributed by atoms with Crippen LogP contribution in [0.1, 0.15) is 0 Å². The van der Waals surface area contributed by atoms with Gasteiger partial charge in [0, 0.05) is 61.4 Å². The molecule has 0 spiro atoms. The maximum Gasteiger partial charge on any atom is 0.0794 e. The van der Waals surface area contributed by atoms with Crippen molar-refractivity contribution in [1.82, 2.24) is 19.9 Å². The van der Waals surface area contributed by atoms with Gasteiger partial charge in [-0.2, -0.15) is 0 Å². The first-order valence-corrected chi connectivity index (χ1v) is 28.5. The number of para-hydroxylation sites is 2. The molecule has 0 fully saturated rings. The van der Waals surface area contributed by atoms with E-state index in [0.717, 1.165) is 88.0 Å². The predicted octanol–water partition coefficient (Wildman–Crippen LogP) is 21.2. The Balaban J connectivity index is 0.000000143. The molecule has 0 unspecified atom stereocenters. The van der Waals surface area contributed by atoms with E-state index < -0.39 is 0 Å². The Morgan fingerprint density at radius 3 is 1.06 bits per heavy atom. The molecule has 0 saturated heterocycles. The van der Waals surface area contributed by atoms with E-state index in [4.69, 9.17) is 9.97 Å². The zero-order valence-corrected chi connectivity index (χ0v) is 45.8. The molecule has 0 atom stereocenters. The molecule has 0 saturated carbocycles. The number of benzene rings is 12. The second-order valence-electron chi connectivity index (χ2n) is 21.2. The van der Waals surface area contributed by atoms with E-state index in [1.54, 1.807) is 0 Å². The SMILES string of the molecule is c1ccc(-c2cc3c(-c4ccccc4)cc(-c4ccc(-c5cccc6cccnc56)cc4)nc3c3ccccc23)cc1.c1ccc(-c2cc3c(-c4ccccc4)cc(-c4ccc(-c5ccnc6ccccc56)cc4)nc3c3ccccc23)cc1. The molecule has 0 amide bonds. The Labute approximate surface area is 487 Å². The largest absolute Gasteiger partial charge is 0.256 e. The quantitative estimate of drug-likeness (QED) is 0.142. The fourth-order valence-corrected chi connectivity index (χ4v) is 12.2. The lowest BCUT2D eigenvalue weighted by atomic mass is 9.91. The van der Waals surface area contributed by atoms with Crippen LogP contribution in [0.4, 0.5) is 0 Å². The van der Waals surface area contributed by atoms with Crippen molar-refractivity contribution in [2.24, 2.45) is 0 Å². The van der Waals surface area contributed by atoms with Crippen LogP contribution in [0.2, 0.25) is 0 Å². The third-order valence-corrected chi connectivity index (χ3v) is 16.2. The molecule has 0 aliphatic carbocycles. The van der Waals surface area contributed by atoms with Crippen molar-refractivity contribution < 1.29 is 0 Å². The highest BCUT2D eigenvalue weighted by atomic mass is 14.7. The van der Waals surface area contributed by atoms with E-state index in [9.17, 15) is 0 Å². The molecule has 0 radical (unpaired) electrons. The van der Waals surface area contributed by atoms with Gasteiger partial charge in [0.15, 0.2) is 0 Å². The van der Waals surface area contributed by atoms with Gasteiger partial charge in [-0.15, -0.1) is 0 Å². The summed E-state index contributed by atoms with van der Waals surface area (Å²) in [5, 5.41) is 9.34. The Morgan fingerprint density at radius 1 is 0.190 bits per heavy atom. The molecule has 16 rings (SSSR count). The molecule has 4 aromatic heterocycles. The lowest BCUT2D eigenvalue weighted by molar-refractivity contribution is 1.40. The van der Waals surface area contributed by atoms with Crippen LogP contribution >= 0.6 is 0 Å². The highest BCUT2D eigenvalue weighted by molar-refractivity contribution is 6.18. The first kappa shape index (κ1) is 49.8. The summed E-state index contributed by atoms with van der Waals surface area (Å²) in [6.07, 6.45) is 3.75. The van der Waals surface area contributed by atoms with Gasteiger partial charge in [-0.25, -0.2) is 9.97 Å². The van der Waals surface area contributed by atoms with Crippen LogP contribution in [0.3, 0.4) is 0 Å². The molecule has 392 valence electrons. The monoisotopic (exact) mass is 1070 g/mol. The molecule has 4 heteroatoms. The topological polar surface area (TPSA) is 51.6 Å². The van der Waals surface area contributed by atoms with Crippen molar-refractivity contribution in [3.05, 3.63) is 316 Å². The van der Waals surface area contributed by atoms with Gasteiger partial charge in [-0.3, -0.25) is 9.97 Å². The highest BCUT2D eigenvalue weighted by Crippen LogP contribution is 2.43. The summed E-state index contributed by atoms with van der Waals surface area (Å²) >= 11 is 0. The van der Waals surface area contributed by atoms with Crippen molar-refractivity contribution in [3.8, 4) is 89.3 Å². The predicted molar refractivity (Wildman–Crippen MR) is 353 cm³/mol. The van der Waals surface area contributed by atoms with E-state index in [-0.39, 0.29) is 0 Å². The second-order valence-corrected chi connectivity index (χ2v) is 21.2. The van der Waals surface area contributed by atoms with Gasteiger partial charge < -0.3 is 0 Å². The van der Waals surface area contributed by atoms with Gasteiger partial charge >= 0.3 is 0 Å². The Morgan fingerprint density at radius 2 is 0.571 bits per heavy atom. The average Bonchev–Trinajstić information content (AvgIpc) is 3.37. The van der Waals surface area contributed by atoms with Crippen LogP contribution in [-0.2, 0) is 0 Å². The minimum Gasteiger partial charge on any atom is -0.256 e. The van der Waals surface area contributed by atoms with Gasteiger partial charge in [-0.1, -0.05) is 261 Å². The van der Waals surface area contributed by atoms with Crippen molar-refractivity contribution in [3.63, 3.8) is 0 Å². The summed E-state index contributed by atoms with van der Waals surface area (Å²) in [6, 6.07) is 107. The summed E-state index contributed by atoms with van der Waals surface area (Å²) in [4.78, 5) is 19.9. The van der Waals surface area contributed by atoms with Crippen molar-refractivity contribution in [2.45, 2.75) is 0 Å². The fourth-order valence-electron chi connectivity index (χ4n) is 12.2. The third-order valence-electron chi connectivity index (χ3n) is 16.2. The van der Waals surface area contributed by atoms with Gasteiger partial charge in [0.25, 0.3) is 0 Å². The van der Waals surface area contributed by atoms with Crippen LogP contribution in [-0.4, -0.2) is 19.9 Å². The van der Waals surface area contributed by atoms with Gasteiger partial charge in [-0.05, 0) is 114 Å². The number of hydrogen-bond donors (Lipinski definition) is 0. The van der Waals surface area contributed by atoms with Gasteiger partial charge in [0.1, 0.15) is 0 Å². The smallest absolute Gasteiger partial charge is 0.0794 e. The summed E-state index contributed by atoms with van der Waals surface area (Å²) in [6.45, 7) is 0. The fraction of sp³-hybridized carbons (Fsp3) is 0. The maximum atomic E-state index is 5.34. The number of pyridine rings is 4. The van der Waals surface area contributed by atoms with E-state index >= 15 is 0 Å². The van der Waals surface area contributed by atoms with Gasteiger partial charge in [0.05, 0.1) is 33.5 Å². The Bertz CT molecular complexity index is 4750. The minimum atomic E-state index is 0.960. The summed E-state index contributed by atoms with van der Waals surface area (Å²) in [7, 11) is 0. The lowest BCUT2D eigenvalue weighted by Gasteiger charge is -2.16. The highest BCUT2D eigenvalue weighted by Gasteiger charge is 2.19. The Kier molecular flexibility index (Phi) is 12.9. The standard InChI is InChI=1S/2C40H26N2/c1-3-11-27(12-4-1)35-25-37-36(28-13-5-2-6-14-28)26-38(42-40(37)34-18-8-7-17-33(34)35)30-22-20-29(21-23-30)32-19-9-15-31-16-10-24-41-39(31)32;1-3-11-27(12-4-1)35-25-37-36(28-13-5-2-6-14-28)26-39(42-40(37)34-17-8-7-15-32(34)35)30-21-19-29(20-22-30)31-23-24-41-38-18-10-9-16-33(31)38/h2*1-26H. The zero-order chi connectivity index (χ0) is 55.8. The molecular formula is C80H52N4. The number of nitrogens with zero attached hydrogens (tertiary/aromatic N) is 4. The van der Waals surface area contributed by atoms with Crippen molar-refractivity contribution in [2.75, 3.05) is 0 Å². The maximum absolute atomic E-state index is 5.34. The number of hydrogen-bond acceptors (Lipinski definition) is 4. The normalized spacial score (nSPS) is 11.3. The van der Waals surface area contributed by atoms with E-state index in [0.29, 0.717) is 0 Å². The first-order valence-electron chi connectivity index (χ1n) is 28.5. The number of aromatic nitrogens is 4. The molecule has 84 heavy (non-hydrogen) atoms. The third kappa shape index (κ3) is 9.28. The first-order chi connectivity index (χ1) is 41.7. The number of rotatable bonds is 8. The summed E-state index contributed by atoms with van der Waals surface area (Å²) in [5.41, 5.74) is 22.4. The second kappa shape index (κ2) is 21.7. The Hall–Kier alpha value is -11.2. The number of fused-ring (bicyclic) bond motifs is 8. The average molecular weight is 1070 g/mol. The molecule has 4 heterocycles. The minimum absolute atomic E-state index is 0.960. The van der Waals surface area contributed by atoms with E-state index in [1.165, 1.54) is 66.4 Å². The van der Waals surface area contributed by atoms with Crippen LogP contribution in [0.25, 0.3) is 154 Å². The van der Waals surface area contributed by atoms with Crippen LogP contribution in [0.15, 0.2) is 316 Å². The molecule has 0 bridgehead atoms. The van der Waals surface area contributed by atoms with Gasteiger partial charge in [0.2, 0.25) is 0 Å². The van der Waals surface area contributed by atoms with E-state index in [1.807, 2.05) is 24.5 Å². The van der Waals surface area contributed by atoms with Crippen LogP contribution in [0, 0.1) is 0 Å². The van der Waals surface area contributed by atoms with Crippen LogP contribution < -0.4 is 0 Å². The van der Waals surface area contributed by atoms with Crippen LogP contribution in [0.5, 0.6) is 0 Å². The summed E-state index contributed by atoms with van der Waals surface area (Å²) < 4.78 is 0. The van der Waals surface area contributed by atoms with Crippen molar-refractivity contribution in [1.29, 1.82) is 0 Å². The van der Waals surface area contributed by atoms with Crippen molar-refractivity contribution >= 4 is 65.2 Å². The molecule has 0 N–H and O–H groups in total. The molecule has 12 aromatic carbocycles. The molecule has 0 aliphatic heterocycles. The lowest BCUT2D eigenvalue weighted by Crippen LogP contribution is -1.93. The molecule has 0 aliphatic rings. The summed E-state index contributed by atoms with van der Waals surface area (Å²) in [5.74, 6) is 0. The molecular weight excluding hydrogens is 1020 g/mol. The van der Waals surface area contributed by atoms with E-state index in [2.05, 4.69) is 301 Å².